The monoisotopic (exact) mass is 265 g/mol. The van der Waals surface area contributed by atoms with Gasteiger partial charge in [-0.15, -0.1) is 0 Å². The second kappa shape index (κ2) is 6.25. The van der Waals surface area contributed by atoms with Crippen molar-refractivity contribution in [1.82, 2.24) is 5.32 Å². The summed E-state index contributed by atoms with van der Waals surface area (Å²) in [6.07, 6.45) is 2.80. The molecule has 0 heterocycles. The molecular weight excluding hydrogens is 246 g/mol. The largest absolute Gasteiger partial charge is 0.394 e. The first-order valence-electron chi connectivity index (χ1n) is 6.28. The van der Waals surface area contributed by atoms with E-state index in [1.807, 2.05) is 18.2 Å². The highest BCUT2D eigenvalue weighted by atomic mass is 32.2. The Balaban J connectivity index is 1.59. The molecule has 1 fully saturated rings. The van der Waals surface area contributed by atoms with Crippen molar-refractivity contribution < 1.29 is 9.90 Å². The SMILES string of the molecule is O=C(CSCCc1ccccc1)NC1(CO)CC1. The second-order valence-electron chi connectivity index (χ2n) is 4.77. The molecule has 4 heteroatoms. The van der Waals surface area contributed by atoms with Crippen LogP contribution in [0.5, 0.6) is 0 Å². The van der Waals surface area contributed by atoms with Gasteiger partial charge in [0.05, 0.1) is 17.9 Å². The number of aliphatic hydroxyl groups excluding tert-OH is 1. The molecule has 1 aliphatic carbocycles. The van der Waals surface area contributed by atoms with E-state index in [0.717, 1.165) is 25.0 Å². The number of amides is 1. The summed E-state index contributed by atoms with van der Waals surface area (Å²) in [7, 11) is 0. The van der Waals surface area contributed by atoms with Crippen LogP contribution in [0.25, 0.3) is 0 Å². The zero-order valence-electron chi connectivity index (χ0n) is 10.4. The molecule has 18 heavy (non-hydrogen) atoms. The maximum Gasteiger partial charge on any atom is 0.230 e. The summed E-state index contributed by atoms with van der Waals surface area (Å²) in [5.41, 5.74) is 1.02. The van der Waals surface area contributed by atoms with Crippen LogP contribution in [0.1, 0.15) is 18.4 Å². The lowest BCUT2D eigenvalue weighted by Crippen LogP contribution is -2.40. The summed E-state index contributed by atoms with van der Waals surface area (Å²) in [6.45, 7) is 0.0629. The minimum absolute atomic E-state index is 0.0413. The standard InChI is InChI=1S/C14H19NO2S/c16-11-14(7-8-14)15-13(17)10-18-9-6-12-4-2-1-3-5-12/h1-5,16H,6-11H2,(H,15,17). The lowest BCUT2D eigenvalue weighted by atomic mass is 10.2. The third kappa shape index (κ3) is 4.03. The van der Waals surface area contributed by atoms with Crippen LogP contribution < -0.4 is 5.32 Å². The smallest absolute Gasteiger partial charge is 0.230 e. The Morgan fingerprint density at radius 2 is 2.06 bits per heavy atom. The first-order chi connectivity index (χ1) is 8.74. The number of aryl methyl sites for hydroxylation is 1. The van der Waals surface area contributed by atoms with Gasteiger partial charge in [-0.2, -0.15) is 11.8 Å². The van der Waals surface area contributed by atoms with Gasteiger partial charge in [-0.05, 0) is 30.6 Å². The molecule has 1 saturated carbocycles. The van der Waals surface area contributed by atoms with E-state index in [2.05, 4.69) is 17.4 Å². The van der Waals surface area contributed by atoms with E-state index in [0.29, 0.717) is 5.75 Å². The molecule has 0 atom stereocenters. The fourth-order valence-corrected chi connectivity index (χ4v) is 2.59. The van der Waals surface area contributed by atoms with Gasteiger partial charge in [0, 0.05) is 0 Å². The number of carbonyl (C=O) groups excluding carboxylic acids is 1. The fourth-order valence-electron chi connectivity index (χ4n) is 1.80. The second-order valence-corrected chi connectivity index (χ2v) is 5.88. The first-order valence-corrected chi connectivity index (χ1v) is 7.43. The molecular formula is C14H19NO2S. The highest BCUT2D eigenvalue weighted by Crippen LogP contribution is 2.34. The Hall–Kier alpha value is -1.00. The Labute approximate surface area is 112 Å². The Morgan fingerprint density at radius 1 is 1.33 bits per heavy atom. The summed E-state index contributed by atoms with van der Waals surface area (Å²) in [5, 5.41) is 12.0. The van der Waals surface area contributed by atoms with E-state index in [1.54, 1.807) is 11.8 Å². The first kappa shape index (κ1) is 13.4. The van der Waals surface area contributed by atoms with Crippen molar-refractivity contribution in [1.29, 1.82) is 0 Å². The highest BCUT2D eigenvalue weighted by molar-refractivity contribution is 7.99. The van der Waals surface area contributed by atoms with Crippen LogP contribution in [0.3, 0.4) is 0 Å². The molecule has 1 aliphatic rings. The van der Waals surface area contributed by atoms with Gasteiger partial charge in [0.2, 0.25) is 5.91 Å². The molecule has 2 rings (SSSR count). The topological polar surface area (TPSA) is 49.3 Å². The van der Waals surface area contributed by atoms with Gasteiger partial charge < -0.3 is 10.4 Å². The Morgan fingerprint density at radius 3 is 2.67 bits per heavy atom. The minimum atomic E-state index is -0.281. The van der Waals surface area contributed by atoms with Gasteiger partial charge in [-0.1, -0.05) is 30.3 Å². The number of hydrogen-bond donors (Lipinski definition) is 2. The van der Waals surface area contributed by atoms with Gasteiger partial charge in [0.1, 0.15) is 0 Å². The fraction of sp³-hybridized carbons (Fsp3) is 0.500. The van der Waals surface area contributed by atoms with Crippen LogP contribution in [0.4, 0.5) is 0 Å². The van der Waals surface area contributed by atoms with Gasteiger partial charge in [-0.25, -0.2) is 0 Å². The number of rotatable bonds is 7. The van der Waals surface area contributed by atoms with E-state index in [1.165, 1.54) is 5.56 Å². The predicted octanol–water partition coefficient (Wildman–Crippen LogP) is 1.60. The van der Waals surface area contributed by atoms with Crippen molar-refractivity contribution in [3.8, 4) is 0 Å². The molecule has 0 saturated heterocycles. The number of benzene rings is 1. The van der Waals surface area contributed by atoms with Crippen molar-refractivity contribution in [3.63, 3.8) is 0 Å². The molecule has 1 aromatic rings. The summed E-state index contributed by atoms with van der Waals surface area (Å²) in [5.74, 6) is 1.47. The average molecular weight is 265 g/mol. The number of nitrogens with one attached hydrogen (secondary N) is 1. The number of hydrogen-bond acceptors (Lipinski definition) is 3. The molecule has 1 amide bonds. The lowest BCUT2D eigenvalue weighted by molar-refractivity contribution is -0.119. The highest BCUT2D eigenvalue weighted by Gasteiger charge is 2.43. The number of carbonyl (C=O) groups is 1. The third-order valence-corrected chi connectivity index (χ3v) is 4.13. The molecule has 98 valence electrons. The number of thioether (sulfide) groups is 1. The lowest BCUT2D eigenvalue weighted by Gasteiger charge is -2.13. The molecule has 0 radical (unpaired) electrons. The molecule has 0 spiro atoms. The molecule has 0 aliphatic heterocycles. The summed E-state index contributed by atoms with van der Waals surface area (Å²) in [6, 6.07) is 10.3. The van der Waals surface area contributed by atoms with Crippen LogP contribution in [-0.2, 0) is 11.2 Å². The van der Waals surface area contributed by atoms with E-state index in [9.17, 15) is 4.79 Å². The third-order valence-electron chi connectivity index (χ3n) is 3.17. The molecule has 0 aromatic heterocycles. The van der Waals surface area contributed by atoms with E-state index in [4.69, 9.17) is 5.11 Å². The van der Waals surface area contributed by atoms with Gasteiger partial charge in [-0.3, -0.25) is 4.79 Å². The predicted molar refractivity (Wildman–Crippen MR) is 74.7 cm³/mol. The molecule has 3 nitrogen and oxygen atoms in total. The van der Waals surface area contributed by atoms with Gasteiger partial charge in [0.15, 0.2) is 0 Å². The molecule has 0 bridgehead atoms. The summed E-state index contributed by atoms with van der Waals surface area (Å²) >= 11 is 1.64. The van der Waals surface area contributed by atoms with E-state index >= 15 is 0 Å². The zero-order valence-corrected chi connectivity index (χ0v) is 11.2. The minimum Gasteiger partial charge on any atom is -0.394 e. The van der Waals surface area contributed by atoms with Crippen LogP contribution in [0.2, 0.25) is 0 Å². The molecule has 2 N–H and O–H groups in total. The van der Waals surface area contributed by atoms with Crippen LogP contribution in [0.15, 0.2) is 30.3 Å². The quantitative estimate of drug-likeness (QED) is 0.736. The zero-order chi connectivity index (χ0) is 12.8. The molecule has 0 unspecified atom stereocenters. The van der Waals surface area contributed by atoms with Crippen molar-refractivity contribution in [2.75, 3.05) is 18.1 Å². The van der Waals surface area contributed by atoms with Crippen molar-refractivity contribution in [3.05, 3.63) is 35.9 Å². The van der Waals surface area contributed by atoms with Crippen LogP contribution >= 0.6 is 11.8 Å². The summed E-state index contributed by atoms with van der Waals surface area (Å²) < 4.78 is 0. The van der Waals surface area contributed by atoms with Crippen molar-refractivity contribution in [2.45, 2.75) is 24.8 Å². The maximum atomic E-state index is 11.6. The normalized spacial score (nSPS) is 16.3. The van der Waals surface area contributed by atoms with Crippen molar-refractivity contribution >= 4 is 17.7 Å². The van der Waals surface area contributed by atoms with Gasteiger partial charge >= 0.3 is 0 Å². The van der Waals surface area contributed by atoms with E-state index in [-0.39, 0.29) is 18.1 Å². The van der Waals surface area contributed by atoms with E-state index < -0.39 is 0 Å². The Bertz CT molecular complexity index is 390. The van der Waals surface area contributed by atoms with Crippen LogP contribution in [-0.4, -0.2) is 34.7 Å². The Kier molecular flexibility index (Phi) is 4.66. The maximum absolute atomic E-state index is 11.6. The average Bonchev–Trinajstić information content (AvgIpc) is 3.16. The van der Waals surface area contributed by atoms with Crippen molar-refractivity contribution in [2.24, 2.45) is 0 Å². The van der Waals surface area contributed by atoms with Gasteiger partial charge in [0.25, 0.3) is 0 Å². The summed E-state index contributed by atoms with van der Waals surface area (Å²) in [4.78, 5) is 11.6. The molecule has 1 aromatic carbocycles. The van der Waals surface area contributed by atoms with Crippen LogP contribution in [0, 0.1) is 0 Å². The number of aliphatic hydroxyl groups is 1.